The molecule has 0 aliphatic rings. The van der Waals surface area contributed by atoms with Crippen LogP contribution in [0.15, 0.2) is 46.9 Å². The highest BCUT2D eigenvalue weighted by molar-refractivity contribution is 9.10. The number of imide groups is 1. The first-order valence-electron chi connectivity index (χ1n) is 6.37. The summed E-state index contributed by atoms with van der Waals surface area (Å²) >= 11 is 9.06. The van der Waals surface area contributed by atoms with E-state index in [1.165, 1.54) is 24.3 Å². The van der Waals surface area contributed by atoms with Gasteiger partial charge in [0.25, 0.3) is 11.8 Å². The Hall–Kier alpha value is -2.09. The fraction of sp³-hybridized carbons (Fsp3) is 0.0667. The molecule has 3 N–H and O–H groups in total. The molecule has 2 aromatic rings. The Labute approximate surface area is 145 Å². The van der Waals surface area contributed by atoms with Crippen molar-refractivity contribution in [3.8, 4) is 11.5 Å². The van der Waals surface area contributed by atoms with Crippen molar-refractivity contribution in [1.29, 1.82) is 0 Å². The van der Waals surface area contributed by atoms with Crippen LogP contribution in [0, 0.1) is 0 Å². The van der Waals surface area contributed by atoms with Crippen molar-refractivity contribution < 1.29 is 19.4 Å². The van der Waals surface area contributed by atoms with Crippen LogP contribution < -0.4 is 10.6 Å². The standard InChI is InChI=1S/C15H12BrClN2O4/c16-12-7-10(17)3-6-13(12)23-8-14(21)19(18)15(22)9-1-4-11(20)5-2-9/h1-7,20H,8,18H2. The number of carbonyl (C=O) groups excluding carboxylic acids is 2. The van der Waals surface area contributed by atoms with Gasteiger partial charge in [-0.25, -0.2) is 10.9 Å². The molecule has 0 unspecified atom stereocenters. The SMILES string of the molecule is NN(C(=O)COc1ccc(Cl)cc1Br)C(=O)c1ccc(O)cc1. The van der Waals surface area contributed by atoms with Gasteiger partial charge in [0.15, 0.2) is 6.61 Å². The van der Waals surface area contributed by atoms with Crippen molar-refractivity contribution in [2.24, 2.45) is 5.84 Å². The molecule has 0 aromatic heterocycles. The van der Waals surface area contributed by atoms with Crippen LogP contribution in [-0.4, -0.2) is 28.5 Å². The van der Waals surface area contributed by atoms with Gasteiger partial charge in [0.1, 0.15) is 11.5 Å². The third-order valence-corrected chi connectivity index (χ3v) is 3.70. The predicted octanol–water partition coefficient (Wildman–Crippen LogP) is 2.73. The highest BCUT2D eigenvalue weighted by Crippen LogP contribution is 2.27. The zero-order valence-electron chi connectivity index (χ0n) is 11.7. The summed E-state index contributed by atoms with van der Waals surface area (Å²) in [5, 5.41) is 10.2. The van der Waals surface area contributed by atoms with Gasteiger partial charge < -0.3 is 9.84 Å². The third kappa shape index (κ3) is 4.44. The molecule has 0 radical (unpaired) electrons. The quantitative estimate of drug-likeness (QED) is 0.468. The van der Waals surface area contributed by atoms with Crippen LogP contribution in [-0.2, 0) is 4.79 Å². The van der Waals surface area contributed by atoms with Gasteiger partial charge in [0, 0.05) is 10.6 Å². The average Bonchev–Trinajstić information content (AvgIpc) is 2.53. The second-order valence-electron chi connectivity index (χ2n) is 4.48. The van der Waals surface area contributed by atoms with Gasteiger partial charge >= 0.3 is 0 Å². The van der Waals surface area contributed by atoms with Gasteiger partial charge in [-0.05, 0) is 58.4 Å². The van der Waals surface area contributed by atoms with Gasteiger partial charge in [0.2, 0.25) is 0 Å². The zero-order valence-corrected chi connectivity index (χ0v) is 14.0. The maximum atomic E-state index is 12.0. The number of aromatic hydroxyl groups is 1. The first-order valence-corrected chi connectivity index (χ1v) is 7.54. The molecule has 0 fully saturated rings. The number of rotatable bonds is 4. The van der Waals surface area contributed by atoms with E-state index in [-0.39, 0.29) is 11.3 Å². The van der Waals surface area contributed by atoms with E-state index in [2.05, 4.69) is 15.9 Å². The lowest BCUT2D eigenvalue weighted by Gasteiger charge is -2.15. The number of phenols is 1. The first kappa shape index (κ1) is 17.3. The van der Waals surface area contributed by atoms with E-state index in [1.807, 2.05) is 0 Å². The minimum absolute atomic E-state index is 0.00682. The highest BCUT2D eigenvalue weighted by Gasteiger charge is 2.20. The fourth-order valence-electron chi connectivity index (χ4n) is 1.66. The van der Waals surface area contributed by atoms with Crippen molar-refractivity contribution in [3.05, 3.63) is 57.5 Å². The van der Waals surface area contributed by atoms with Crippen molar-refractivity contribution in [2.75, 3.05) is 6.61 Å². The molecule has 0 atom stereocenters. The summed E-state index contributed by atoms with van der Waals surface area (Å²) in [5.41, 5.74) is 0.173. The fourth-order valence-corrected chi connectivity index (χ4v) is 2.45. The van der Waals surface area contributed by atoms with Gasteiger partial charge in [-0.15, -0.1) is 0 Å². The van der Waals surface area contributed by atoms with Gasteiger partial charge in [0.05, 0.1) is 4.47 Å². The second kappa shape index (κ2) is 7.45. The van der Waals surface area contributed by atoms with Crippen LogP contribution in [0.5, 0.6) is 11.5 Å². The molecule has 0 saturated heterocycles. The van der Waals surface area contributed by atoms with Crippen molar-refractivity contribution in [1.82, 2.24) is 5.01 Å². The molecule has 0 bridgehead atoms. The van der Waals surface area contributed by atoms with Gasteiger partial charge in [-0.1, -0.05) is 11.6 Å². The molecule has 0 aliphatic heterocycles. The van der Waals surface area contributed by atoms with E-state index in [0.29, 0.717) is 20.3 Å². The number of hydrogen-bond acceptors (Lipinski definition) is 5. The number of halogens is 2. The first-order chi connectivity index (χ1) is 10.9. The van der Waals surface area contributed by atoms with E-state index in [1.54, 1.807) is 18.2 Å². The lowest BCUT2D eigenvalue weighted by molar-refractivity contribution is -0.131. The molecular formula is C15H12BrClN2O4. The second-order valence-corrected chi connectivity index (χ2v) is 5.77. The van der Waals surface area contributed by atoms with Crippen molar-refractivity contribution in [3.63, 3.8) is 0 Å². The smallest absolute Gasteiger partial charge is 0.281 e. The number of hydrogen-bond donors (Lipinski definition) is 2. The Morgan fingerprint density at radius 3 is 2.48 bits per heavy atom. The Morgan fingerprint density at radius 1 is 1.22 bits per heavy atom. The Balaban J connectivity index is 1.99. The molecular weight excluding hydrogens is 388 g/mol. The summed E-state index contributed by atoms with van der Waals surface area (Å²) in [6, 6.07) is 10.2. The normalized spacial score (nSPS) is 10.2. The van der Waals surface area contributed by atoms with Crippen LogP contribution in [0.4, 0.5) is 0 Å². The highest BCUT2D eigenvalue weighted by atomic mass is 79.9. The molecule has 2 rings (SSSR count). The summed E-state index contributed by atoms with van der Waals surface area (Å²) < 4.78 is 5.89. The lowest BCUT2D eigenvalue weighted by atomic mass is 10.2. The Bertz CT molecular complexity index is 737. The number of phenolic OH excluding ortho intramolecular Hbond substituents is 1. The van der Waals surface area contributed by atoms with Crippen molar-refractivity contribution >= 4 is 39.3 Å². The number of hydrazine groups is 1. The van der Waals surface area contributed by atoms with Gasteiger partial charge in [-0.3, -0.25) is 9.59 Å². The molecule has 0 aliphatic carbocycles. The Morgan fingerprint density at radius 2 is 1.87 bits per heavy atom. The minimum atomic E-state index is -0.718. The average molecular weight is 400 g/mol. The molecule has 120 valence electrons. The zero-order chi connectivity index (χ0) is 17.0. The maximum absolute atomic E-state index is 12.0. The van der Waals surface area contributed by atoms with E-state index >= 15 is 0 Å². The molecule has 2 aromatic carbocycles. The van der Waals surface area contributed by atoms with E-state index in [0.717, 1.165) is 0 Å². The summed E-state index contributed by atoms with van der Waals surface area (Å²) in [5.74, 6) is 4.50. The molecule has 0 heterocycles. The van der Waals surface area contributed by atoms with E-state index in [4.69, 9.17) is 22.2 Å². The minimum Gasteiger partial charge on any atom is -0.508 e. The summed E-state index contributed by atoms with van der Waals surface area (Å²) in [6.07, 6.45) is 0. The van der Waals surface area contributed by atoms with Crippen LogP contribution in [0.1, 0.15) is 10.4 Å². The predicted molar refractivity (Wildman–Crippen MR) is 88.1 cm³/mol. The summed E-state index contributed by atoms with van der Waals surface area (Å²) in [6.45, 7) is -0.416. The number of amides is 2. The van der Waals surface area contributed by atoms with Crippen LogP contribution in [0.2, 0.25) is 5.02 Å². The lowest BCUT2D eigenvalue weighted by Crippen LogP contribution is -2.45. The Kier molecular flexibility index (Phi) is 5.59. The number of ether oxygens (including phenoxy) is 1. The number of carbonyl (C=O) groups is 2. The third-order valence-electron chi connectivity index (χ3n) is 2.85. The topological polar surface area (TPSA) is 92.9 Å². The molecule has 6 nitrogen and oxygen atoms in total. The van der Waals surface area contributed by atoms with Crippen LogP contribution in [0.3, 0.4) is 0 Å². The maximum Gasteiger partial charge on any atom is 0.281 e. The number of benzene rings is 2. The number of nitrogens with zero attached hydrogens (tertiary/aromatic N) is 1. The summed E-state index contributed by atoms with van der Waals surface area (Å²) in [4.78, 5) is 24.0. The molecule has 23 heavy (non-hydrogen) atoms. The largest absolute Gasteiger partial charge is 0.508 e. The molecule has 0 saturated carbocycles. The van der Waals surface area contributed by atoms with E-state index < -0.39 is 18.4 Å². The van der Waals surface area contributed by atoms with Crippen molar-refractivity contribution in [2.45, 2.75) is 0 Å². The van der Waals surface area contributed by atoms with Gasteiger partial charge in [-0.2, -0.15) is 0 Å². The summed E-state index contributed by atoms with van der Waals surface area (Å²) in [7, 11) is 0. The molecule has 8 heteroatoms. The number of nitrogens with two attached hydrogens (primary N) is 1. The van der Waals surface area contributed by atoms with E-state index in [9.17, 15) is 14.7 Å². The molecule has 2 amide bonds. The monoisotopic (exact) mass is 398 g/mol. The van der Waals surface area contributed by atoms with Crippen LogP contribution in [0.25, 0.3) is 0 Å². The molecule has 0 spiro atoms. The van der Waals surface area contributed by atoms with Crippen LogP contribution >= 0.6 is 27.5 Å².